The van der Waals surface area contributed by atoms with Gasteiger partial charge in [0.05, 0.1) is 13.2 Å². The molecule has 1 aliphatic rings. The summed E-state index contributed by atoms with van der Waals surface area (Å²) in [6, 6.07) is 7.42. The first kappa shape index (κ1) is 18.0. The van der Waals surface area contributed by atoms with Crippen molar-refractivity contribution in [1.29, 1.82) is 0 Å². The molecule has 5 nitrogen and oxygen atoms in total. The number of benzene rings is 1. The number of nitrogens with one attached hydrogen (secondary N) is 1. The third-order valence-electron chi connectivity index (χ3n) is 3.87. The normalized spacial score (nSPS) is 17.7. The SMILES string of the molecule is CC(CNC(=O)N(C)Cc1cccc(Cl)c1)CC1(C)OCCO1. The molecular weight excluding hydrogens is 316 g/mol. The zero-order valence-electron chi connectivity index (χ0n) is 14.0. The summed E-state index contributed by atoms with van der Waals surface area (Å²) in [6.07, 6.45) is 0.755. The lowest BCUT2D eigenvalue weighted by molar-refractivity contribution is -0.153. The van der Waals surface area contributed by atoms with E-state index >= 15 is 0 Å². The Balaban J connectivity index is 1.75. The Kier molecular flexibility index (Phi) is 6.27. The van der Waals surface area contributed by atoms with Gasteiger partial charge in [0.15, 0.2) is 5.79 Å². The monoisotopic (exact) mass is 340 g/mol. The van der Waals surface area contributed by atoms with Crippen LogP contribution in [-0.2, 0) is 16.0 Å². The highest BCUT2D eigenvalue weighted by Gasteiger charge is 2.32. The van der Waals surface area contributed by atoms with Crippen molar-refractivity contribution in [3.63, 3.8) is 0 Å². The molecule has 1 aromatic rings. The summed E-state index contributed by atoms with van der Waals surface area (Å²) < 4.78 is 11.2. The maximum atomic E-state index is 12.2. The molecule has 1 aromatic carbocycles. The van der Waals surface area contributed by atoms with Gasteiger partial charge in [-0.05, 0) is 30.5 Å². The van der Waals surface area contributed by atoms with Gasteiger partial charge in [0.25, 0.3) is 0 Å². The van der Waals surface area contributed by atoms with Crippen LogP contribution in [0.2, 0.25) is 5.02 Å². The number of nitrogens with zero attached hydrogens (tertiary/aromatic N) is 1. The summed E-state index contributed by atoms with van der Waals surface area (Å²) in [5.41, 5.74) is 1.00. The summed E-state index contributed by atoms with van der Waals surface area (Å²) in [5, 5.41) is 3.63. The average Bonchev–Trinajstić information content (AvgIpc) is 2.91. The number of urea groups is 1. The van der Waals surface area contributed by atoms with E-state index in [-0.39, 0.29) is 11.9 Å². The second-order valence-corrected chi connectivity index (χ2v) is 6.75. The molecule has 1 N–H and O–H groups in total. The Morgan fingerprint density at radius 2 is 2.13 bits per heavy atom. The average molecular weight is 341 g/mol. The predicted octanol–water partition coefficient (Wildman–Crippen LogP) is 3.27. The second kappa shape index (κ2) is 7.99. The van der Waals surface area contributed by atoms with Crippen molar-refractivity contribution < 1.29 is 14.3 Å². The van der Waals surface area contributed by atoms with E-state index in [4.69, 9.17) is 21.1 Å². The van der Waals surface area contributed by atoms with Gasteiger partial charge >= 0.3 is 6.03 Å². The molecule has 6 heteroatoms. The molecule has 1 unspecified atom stereocenters. The van der Waals surface area contributed by atoms with Crippen molar-refractivity contribution in [3.8, 4) is 0 Å². The van der Waals surface area contributed by atoms with E-state index in [2.05, 4.69) is 12.2 Å². The van der Waals surface area contributed by atoms with Crippen LogP contribution in [0.4, 0.5) is 4.79 Å². The van der Waals surface area contributed by atoms with Gasteiger partial charge in [0, 0.05) is 31.6 Å². The highest BCUT2D eigenvalue weighted by atomic mass is 35.5. The molecule has 0 saturated carbocycles. The number of carbonyl (C=O) groups is 1. The van der Waals surface area contributed by atoms with Crippen LogP contribution in [-0.4, -0.2) is 43.5 Å². The van der Waals surface area contributed by atoms with Gasteiger partial charge in [-0.1, -0.05) is 30.7 Å². The van der Waals surface area contributed by atoms with Gasteiger partial charge in [0.1, 0.15) is 0 Å². The molecule has 128 valence electrons. The second-order valence-electron chi connectivity index (χ2n) is 6.31. The molecule has 1 atom stereocenters. The van der Waals surface area contributed by atoms with Crippen molar-refractivity contribution in [3.05, 3.63) is 34.9 Å². The van der Waals surface area contributed by atoms with Gasteiger partial charge in [-0.2, -0.15) is 0 Å². The molecule has 1 aliphatic heterocycles. The standard InChI is InChI=1S/C17H25ClN2O3/c1-13(10-17(2)22-7-8-23-17)11-19-16(21)20(3)12-14-5-4-6-15(18)9-14/h4-6,9,13H,7-8,10-12H2,1-3H3,(H,19,21). The van der Waals surface area contributed by atoms with E-state index < -0.39 is 5.79 Å². The first-order valence-corrected chi connectivity index (χ1v) is 8.27. The number of hydrogen-bond donors (Lipinski definition) is 1. The maximum absolute atomic E-state index is 12.2. The van der Waals surface area contributed by atoms with Crippen LogP contribution in [0.5, 0.6) is 0 Å². The Morgan fingerprint density at radius 3 is 2.78 bits per heavy atom. The van der Waals surface area contributed by atoms with E-state index in [1.807, 2.05) is 31.2 Å². The summed E-state index contributed by atoms with van der Waals surface area (Å²) >= 11 is 5.96. The topological polar surface area (TPSA) is 50.8 Å². The van der Waals surface area contributed by atoms with Gasteiger partial charge < -0.3 is 19.7 Å². The minimum atomic E-state index is -0.517. The van der Waals surface area contributed by atoms with Crippen LogP contribution in [0, 0.1) is 5.92 Å². The van der Waals surface area contributed by atoms with Gasteiger partial charge in [0.2, 0.25) is 0 Å². The van der Waals surface area contributed by atoms with Crippen molar-refractivity contribution in [2.75, 3.05) is 26.8 Å². The third-order valence-corrected chi connectivity index (χ3v) is 4.11. The fourth-order valence-electron chi connectivity index (χ4n) is 2.76. The smallest absolute Gasteiger partial charge is 0.317 e. The minimum Gasteiger partial charge on any atom is -0.348 e. The Hall–Kier alpha value is -1.30. The summed E-state index contributed by atoms with van der Waals surface area (Å²) in [7, 11) is 1.77. The molecule has 23 heavy (non-hydrogen) atoms. The first-order valence-electron chi connectivity index (χ1n) is 7.89. The fraction of sp³-hybridized carbons (Fsp3) is 0.588. The van der Waals surface area contributed by atoms with Crippen LogP contribution in [0.1, 0.15) is 25.8 Å². The van der Waals surface area contributed by atoms with E-state index in [1.54, 1.807) is 11.9 Å². The van der Waals surface area contributed by atoms with E-state index in [9.17, 15) is 4.79 Å². The van der Waals surface area contributed by atoms with Crippen molar-refractivity contribution in [1.82, 2.24) is 10.2 Å². The van der Waals surface area contributed by atoms with Crippen molar-refractivity contribution in [2.45, 2.75) is 32.6 Å². The number of rotatable bonds is 6. The first-order chi connectivity index (χ1) is 10.9. The number of amides is 2. The highest BCUT2D eigenvalue weighted by molar-refractivity contribution is 6.30. The molecule has 1 fully saturated rings. The van der Waals surface area contributed by atoms with E-state index in [0.29, 0.717) is 31.3 Å². The summed E-state index contributed by atoms with van der Waals surface area (Å²) in [4.78, 5) is 13.8. The molecule has 2 amide bonds. The Morgan fingerprint density at radius 1 is 1.43 bits per heavy atom. The molecule has 0 aliphatic carbocycles. The van der Waals surface area contributed by atoms with Crippen LogP contribution in [0.3, 0.4) is 0 Å². The molecule has 0 bridgehead atoms. The number of ether oxygens (including phenoxy) is 2. The zero-order chi connectivity index (χ0) is 16.9. The molecule has 0 radical (unpaired) electrons. The van der Waals surface area contributed by atoms with Crippen molar-refractivity contribution >= 4 is 17.6 Å². The van der Waals surface area contributed by atoms with Crippen LogP contribution in [0.25, 0.3) is 0 Å². The van der Waals surface area contributed by atoms with Gasteiger partial charge in [-0.25, -0.2) is 4.79 Å². The van der Waals surface area contributed by atoms with Crippen LogP contribution in [0.15, 0.2) is 24.3 Å². The van der Waals surface area contributed by atoms with E-state index in [0.717, 1.165) is 12.0 Å². The minimum absolute atomic E-state index is 0.102. The molecule has 1 saturated heterocycles. The molecule has 2 rings (SSSR count). The fourth-order valence-corrected chi connectivity index (χ4v) is 2.97. The maximum Gasteiger partial charge on any atom is 0.317 e. The largest absolute Gasteiger partial charge is 0.348 e. The third kappa shape index (κ3) is 5.68. The zero-order valence-corrected chi connectivity index (χ0v) is 14.7. The predicted molar refractivity (Wildman–Crippen MR) is 90.4 cm³/mol. The van der Waals surface area contributed by atoms with E-state index in [1.165, 1.54) is 0 Å². The highest BCUT2D eigenvalue weighted by Crippen LogP contribution is 2.26. The van der Waals surface area contributed by atoms with Gasteiger partial charge in [-0.15, -0.1) is 0 Å². The number of halogens is 1. The number of carbonyl (C=O) groups excluding carboxylic acids is 1. The molecule has 0 aromatic heterocycles. The lowest BCUT2D eigenvalue weighted by Gasteiger charge is -2.26. The lowest BCUT2D eigenvalue weighted by Crippen LogP contribution is -2.40. The lowest BCUT2D eigenvalue weighted by atomic mass is 10.0. The summed E-state index contributed by atoms with van der Waals surface area (Å²) in [6.45, 7) is 6.40. The Bertz CT molecular complexity index is 532. The number of hydrogen-bond acceptors (Lipinski definition) is 3. The van der Waals surface area contributed by atoms with Crippen molar-refractivity contribution in [2.24, 2.45) is 5.92 Å². The van der Waals surface area contributed by atoms with Crippen LogP contribution < -0.4 is 5.32 Å². The Labute approximate surface area is 142 Å². The summed E-state index contributed by atoms with van der Waals surface area (Å²) in [5.74, 6) is -0.252. The molecular formula is C17H25ClN2O3. The molecule has 0 spiro atoms. The van der Waals surface area contributed by atoms with Crippen LogP contribution >= 0.6 is 11.6 Å². The molecule has 1 heterocycles. The van der Waals surface area contributed by atoms with Gasteiger partial charge in [-0.3, -0.25) is 0 Å². The quantitative estimate of drug-likeness (QED) is 0.864.